The Bertz CT molecular complexity index is 1070. The van der Waals surface area contributed by atoms with E-state index in [0.29, 0.717) is 25.7 Å². The van der Waals surface area contributed by atoms with E-state index in [0.717, 1.165) is 6.07 Å². The first-order chi connectivity index (χ1) is 14.7. The first-order valence-electron chi connectivity index (χ1n) is 10.3. The van der Waals surface area contributed by atoms with Crippen molar-refractivity contribution in [1.82, 2.24) is 14.7 Å². The van der Waals surface area contributed by atoms with Gasteiger partial charge in [0.1, 0.15) is 17.2 Å². The van der Waals surface area contributed by atoms with E-state index in [1.54, 1.807) is 20.8 Å². The van der Waals surface area contributed by atoms with Crippen molar-refractivity contribution in [2.75, 3.05) is 7.11 Å². The molecule has 2 N–H and O–H groups in total. The molecule has 32 heavy (non-hydrogen) atoms. The zero-order chi connectivity index (χ0) is 23.9. The van der Waals surface area contributed by atoms with Crippen LogP contribution in [-0.4, -0.2) is 36.3 Å². The van der Waals surface area contributed by atoms with E-state index < -0.39 is 32.5 Å². The van der Waals surface area contributed by atoms with Gasteiger partial charge in [0.15, 0.2) is 11.6 Å². The molecule has 0 amide bonds. The van der Waals surface area contributed by atoms with Crippen molar-refractivity contribution in [2.24, 2.45) is 0 Å². The van der Waals surface area contributed by atoms with Gasteiger partial charge in [0.2, 0.25) is 10.0 Å². The van der Waals surface area contributed by atoms with Crippen molar-refractivity contribution >= 4 is 10.0 Å². The van der Waals surface area contributed by atoms with Gasteiger partial charge >= 0.3 is 6.18 Å². The van der Waals surface area contributed by atoms with Crippen molar-refractivity contribution < 1.29 is 30.7 Å². The number of aromatic nitrogens is 2. The molecule has 3 rings (SSSR count). The summed E-state index contributed by atoms with van der Waals surface area (Å²) in [7, 11) is -2.28. The Morgan fingerprint density at radius 1 is 1.12 bits per heavy atom. The highest BCUT2D eigenvalue weighted by Gasteiger charge is 2.39. The second-order valence-electron chi connectivity index (χ2n) is 8.97. The van der Waals surface area contributed by atoms with Crippen LogP contribution in [0.4, 0.5) is 17.6 Å². The molecule has 1 aliphatic rings. The van der Waals surface area contributed by atoms with Gasteiger partial charge in [0, 0.05) is 17.5 Å². The maximum absolute atomic E-state index is 13.7. The van der Waals surface area contributed by atoms with Crippen LogP contribution in [0.1, 0.15) is 63.9 Å². The fourth-order valence-corrected chi connectivity index (χ4v) is 4.72. The normalized spacial score (nSPS) is 20.4. The molecule has 1 fully saturated rings. The Kier molecular flexibility index (Phi) is 6.63. The minimum Gasteiger partial charge on any atom is -0.494 e. The van der Waals surface area contributed by atoms with Crippen LogP contribution in [0.5, 0.6) is 5.75 Å². The molecule has 0 radical (unpaired) electrons. The van der Waals surface area contributed by atoms with Gasteiger partial charge < -0.3 is 9.72 Å². The molecular formula is C21H27F4N3O3S. The molecule has 0 saturated heterocycles. The van der Waals surface area contributed by atoms with Gasteiger partial charge in [-0.25, -0.2) is 22.5 Å². The predicted octanol–water partition coefficient (Wildman–Crippen LogP) is 4.99. The molecule has 2 aromatic rings. The van der Waals surface area contributed by atoms with E-state index in [9.17, 15) is 26.0 Å². The highest BCUT2D eigenvalue weighted by atomic mass is 32.2. The number of methoxy groups -OCH3 is 1. The SMILES string of the molecule is COc1cc(-c2nc(C3CCC(NS(=O)(=O)C(C)(C)C)CC3)[nH]c2C(F)(F)F)ccc1F. The van der Waals surface area contributed by atoms with Crippen LogP contribution in [0, 0.1) is 5.82 Å². The van der Waals surface area contributed by atoms with Crippen LogP contribution < -0.4 is 9.46 Å². The molecular weight excluding hydrogens is 450 g/mol. The molecule has 0 aliphatic heterocycles. The monoisotopic (exact) mass is 477 g/mol. The fraction of sp³-hybridized carbons (Fsp3) is 0.571. The lowest BCUT2D eigenvalue weighted by Gasteiger charge is -2.30. The number of hydrogen-bond acceptors (Lipinski definition) is 4. The zero-order valence-corrected chi connectivity index (χ0v) is 19.1. The van der Waals surface area contributed by atoms with Crippen LogP contribution in [0.3, 0.4) is 0 Å². The van der Waals surface area contributed by atoms with Gasteiger partial charge in [-0.15, -0.1) is 0 Å². The average molecular weight is 478 g/mol. The second kappa shape index (κ2) is 8.66. The number of H-pyrrole nitrogens is 1. The summed E-state index contributed by atoms with van der Waals surface area (Å²) in [5.74, 6) is -0.946. The van der Waals surface area contributed by atoms with Crippen molar-refractivity contribution in [3.63, 3.8) is 0 Å². The van der Waals surface area contributed by atoms with Gasteiger partial charge in [0.25, 0.3) is 0 Å². The number of nitrogens with zero attached hydrogens (tertiary/aromatic N) is 1. The van der Waals surface area contributed by atoms with Gasteiger partial charge in [-0.05, 0) is 64.7 Å². The number of aromatic amines is 1. The molecule has 1 saturated carbocycles. The first kappa shape index (κ1) is 24.5. The number of ether oxygens (including phenoxy) is 1. The van der Waals surface area contributed by atoms with Crippen LogP contribution >= 0.6 is 0 Å². The standard InChI is InChI=1S/C21H27F4N3O3S/c1-20(2,3)32(29,30)28-14-8-5-12(6-9-14)19-26-17(18(27-19)21(23,24)25)13-7-10-15(22)16(11-13)31-4/h7,10-12,14,28H,5-6,8-9H2,1-4H3,(H,26,27). The zero-order valence-electron chi connectivity index (χ0n) is 18.3. The van der Waals surface area contributed by atoms with Crippen LogP contribution in [0.25, 0.3) is 11.3 Å². The lowest BCUT2D eigenvalue weighted by atomic mass is 9.86. The van der Waals surface area contributed by atoms with Crippen molar-refractivity contribution in [3.05, 3.63) is 35.5 Å². The van der Waals surface area contributed by atoms with Gasteiger partial charge in [-0.3, -0.25) is 0 Å². The smallest absolute Gasteiger partial charge is 0.433 e. The van der Waals surface area contributed by atoms with Crippen molar-refractivity contribution in [3.8, 4) is 17.0 Å². The fourth-order valence-electron chi connectivity index (χ4n) is 3.69. The van der Waals surface area contributed by atoms with Crippen molar-refractivity contribution in [1.29, 1.82) is 0 Å². The van der Waals surface area contributed by atoms with Crippen molar-refractivity contribution in [2.45, 2.75) is 69.3 Å². The molecule has 1 aliphatic carbocycles. The van der Waals surface area contributed by atoms with Gasteiger partial charge in [0.05, 0.1) is 11.9 Å². The van der Waals surface area contributed by atoms with Crippen LogP contribution in [0.15, 0.2) is 18.2 Å². The summed E-state index contributed by atoms with van der Waals surface area (Å²) in [6.07, 6.45) is -2.74. The van der Waals surface area contributed by atoms with Crippen LogP contribution in [-0.2, 0) is 16.2 Å². The quantitative estimate of drug-likeness (QED) is 0.595. The maximum atomic E-state index is 13.7. The minimum atomic E-state index is -4.68. The molecule has 1 heterocycles. The number of imidazole rings is 1. The molecule has 0 bridgehead atoms. The van der Waals surface area contributed by atoms with E-state index in [2.05, 4.69) is 14.7 Å². The number of halogens is 4. The number of hydrogen-bond donors (Lipinski definition) is 2. The first-order valence-corrected chi connectivity index (χ1v) is 11.7. The maximum Gasteiger partial charge on any atom is 0.433 e. The van der Waals surface area contributed by atoms with E-state index in [-0.39, 0.29) is 34.8 Å². The lowest BCUT2D eigenvalue weighted by molar-refractivity contribution is -0.140. The largest absolute Gasteiger partial charge is 0.494 e. The number of nitrogens with one attached hydrogen (secondary N) is 2. The third kappa shape index (κ3) is 5.09. The highest BCUT2D eigenvalue weighted by molar-refractivity contribution is 7.90. The van der Waals surface area contributed by atoms with Gasteiger partial charge in [-0.2, -0.15) is 13.2 Å². The topological polar surface area (TPSA) is 84.1 Å². The molecule has 1 aromatic heterocycles. The van der Waals surface area contributed by atoms with Crippen LogP contribution in [0.2, 0.25) is 0 Å². The summed E-state index contributed by atoms with van der Waals surface area (Å²) in [4.78, 5) is 6.64. The molecule has 178 valence electrons. The predicted molar refractivity (Wildman–Crippen MR) is 112 cm³/mol. The Morgan fingerprint density at radius 3 is 2.28 bits per heavy atom. The summed E-state index contributed by atoms with van der Waals surface area (Å²) in [6, 6.07) is 3.18. The number of sulfonamides is 1. The third-order valence-corrected chi connectivity index (χ3v) is 7.93. The molecule has 0 unspecified atom stereocenters. The number of alkyl halides is 3. The molecule has 0 spiro atoms. The van der Waals surface area contributed by atoms with E-state index in [1.807, 2.05) is 0 Å². The molecule has 11 heteroatoms. The lowest BCUT2D eigenvalue weighted by Crippen LogP contribution is -2.45. The Balaban J connectivity index is 1.83. The highest BCUT2D eigenvalue weighted by Crippen LogP contribution is 2.40. The van der Waals surface area contributed by atoms with E-state index >= 15 is 0 Å². The summed E-state index contributed by atoms with van der Waals surface area (Å²) < 4.78 is 86.1. The molecule has 0 atom stereocenters. The van der Waals surface area contributed by atoms with E-state index in [1.165, 1.54) is 19.2 Å². The average Bonchev–Trinajstić information content (AvgIpc) is 3.14. The Hall–Kier alpha value is -2.14. The third-order valence-electron chi connectivity index (χ3n) is 5.67. The summed E-state index contributed by atoms with van der Waals surface area (Å²) in [5.41, 5.74) is -1.23. The molecule has 6 nitrogen and oxygen atoms in total. The van der Waals surface area contributed by atoms with Gasteiger partial charge in [-0.1, -0.05) is 0 Å². The Morgan fingerprint density at radius 2 is 1.75 bits per heavy atom. The Labute approximate surface area is 184 Å². The number of benzene rings is 1. The minimum absolute atomic E-state index is 0.0877. The summed E-state index contributed by atoms with van der Waals surface area (Å²) in [6.45, 7) is 4.82. The van der Waals surface area contributed by atoms with E-state index in [4.69, 9.17) is 4.74 Å². The number of rotatable bonds is 5. The second-order valence-corrected chi connectivity index (χ2v) is 11.4. The summed E-state index contributed by atoms with van der Waals surface area (Å²) in [5, 5.41) is 0. The summed E-state index contributed by atoms with van der Waals surface area (Å²) >= 11 is 0. The molecule has 1 aromatic carbocycles.